The van der Waals surface area contributed by atoms with Crippen LogP contribution in [0, 0.1) is 11.8 Å². The summed E-state index contributed by atoms with van der Waals surface area (Å²) in [7, 11) is 0. The summed E-state index contributed by atoms with van der Waals surface area (Å²) < 4.78 is 11.5. The van der Waals surface area contributed by atoms with Crippen molar-refractivity contribution >= 4 is 5.97 Å². The number of hydrogen-bond acceptors (Lipinski definition) is 3. The quantitative estimate of drug-likeness (QED) is 0.0781. The van der Waals surface area contributed by atoms with E-state index in [-0.39, 0.29) is 5.97 Å². The van der Waals surface area contributed by atoms with E-state index in [0.29, 0.717) is 17.9 Å². The van der Waals surface area contributed by atoms with E-state index >= 15 is 0 Å². The Morgan fingerprint density at radius 3 is 2.05 bits per heavy atom. The lowest BCUT2D eigenvalue weighted by Crippen LogP contribution is -2.15. The van der Waals surface area contributed by atoms with E-state index < -0.39 is 0 Å². The zero-order valence-corrected chi connectivity index (χ0v) is 24.5. The van der Waals surface area contributed by atoms with E-state index in [1.807, 2.05) is 30.3 Å². The Balaban J connectivity index is 1.30. The SMILES string of the molecule is C=CCCCCCCCCOc1ccc(C(=O)Oc2ccc(CC[C@H]3CC[C@H](CCCCC)CC3)cc2)cc1. The molecule has 2 aromatic rings. The molecule has 1 aliphatic rings. The summed E-state index contributed by atoms with van der Waals surface area (Å²) in [5.41, 5.74) is 1.87. The van der Waals surface area contributed by atoms with Crippen LogP contribution in [0.1, 0.15) is 126 Å². The fraction of sp³-hybridized carbons (Fsp3) is 0.583. The van der Waals surface area contributed by atoms with Crippen LogP contribution >= 0.6 is 0 Å². The van der Waals surface area contributed by atoms with Crippen LogP contribution in [0.2, 0.25) is 0 Å². The Labute approximate surface area is 238 Å². The van der Waals surface area contributed by atoms with Gasteiger partial charge in [-0.1, -0.05) is 102 Å². The van der Waals surface area contributed by atoms with Crippen molar-refractivity contribution in [1.82, 2.24) is 0 Å². The van der Waals surface area contributed by atoms with Crippen molar-refractivity contribution in [1.29, 1.82) is 0 Å². The van der Waals surface area contributed by atoms with Gasteiger partial charge in [0.2, 0.25) is 0 Å². The highest BCUT2D eigenvalue weighted by atomic mass is 16.5. The third kappa shape index (κ3) is 12.4. The molecule has 3 rings (SSSR count). The normalized spacial score (nSPS) is 17.1. The highest BCUT2D eigenvalue weighted by molar-refractivity contribution is 5.91. The summed E-state index contributed by atoms with van der Waals surface area (Å²) in [6.45, 7) is 6.77. The van der Waals surface area contributed by atoms with E-state index in [1.54, 1.807) is 12.1 Å². The molecule has 3 nitrogen and oxygen atoms in total. The summed E-state index contributed by atoms with van der Waals surface area (Å²) in [6.07, 6.45) is 24.0. The van der Waals surface area contributed by atoms with Crippen molar-refractivity contribution in [3.63, 3.8) is 0 Å². The standard InChI is InChI=1S/C36H52O3/c1-3-5-7-8-9-10-11-13-29-38-34-27-23-33(24-28-34)36(37)39-35-25-21-32(22-26-35)20-19-31-17-15-30(16-18-31)14-12-6-4-2/h3,21-28,30-31H,1,4-20,29H2,2H3/t30-,31-. The molecule has 0 spiro atoms. The second-order valence-electron chi connectivity index (χ2n) is 11.5. The van der Waals surface area contributed by atoms with Gasteiger partial charge in [-0.25, -0.2) is 4.79 Å². The number of ether oxygens (including phenoxy) is 2. The third-order valence-electron chi connectivity index (χ3n) is 8.32. The first-order valence-electron chi connectivity index (χ1n) is 15.8. The minimum Gasteiger partial charge on any atom is -0.494 e. The molecule has 0 unspecified atom stereocenters. The lowest BCUT2D eigenvalue weighted by Gasteiger charge is -2.28. The first kappa shape index (κ1) is 31.0. The summed E-state index contributed by atoms with van der Waals surface area (Å²) in [6, 6.07) is 15.3. The monoisotopic (exact) mass is 532 g/mol. The van der Waals surface area contributed by atoms with Crippen LogP contribution in [-0.4, -0.2) is 12.6 Å². The maximum absolute atomic E-state index is 12.6. The number of carbonyl (C=O) groups is 1. The maximum atomic E-state index is 12.6. The van der Waals surface area contributed by atoms with Crippen molar-refractivity contribution in [2.75, 3.05) is 6.61 Å². The van der Waals surface area contributed by atoms with E-state index in [9.17, 15) is 4.79 Å². The topological polar surface area (TPSA) is 35.5 Å². The molecule has 3 heteroatoms. The molecule has 2 aromatic carbocycles. The minimum absolute atomic E-state index is 0.332. The molecule has 0 amide bonds. The van der Waals surface area contributed by atoms with Crippen molar-refractivity contribution in [2.45, 2.75) is 116 Å². The molecule has 0 aromatic heterocycles. The van der Waals surface area contributed by atoms with Crippen LogP contribution in [0.5, 0.6) is 11.5 Å². The Kier molecular flexibility index (Phi) is 14.8. The number of esters is 1. The molecule has 1 fully saturated rings. The van der Waals surface area contributed by atoms with Gasteiger partial charge in [-0.15, -0.1) is 6.58 Å². The van der Waals surface area contributed by atoms with Crippen molar-refractivity contribution in [3.8, 4) is 11.5 Å². The molecule has 1 aliphatic carbocycles. The van der Waals surface area contributed by atoms with Gasteiger partial charge >= 0.3 is 5.97 Å². The zero-order valence-electron chi connectivity index (χ0n) is 24.5. The van der Waals surface area contributed by atoms with Gasteiger partial charge in [0.25, 0.3) is 0 Å². The number of hydrogen-bond donors (Lipinski definition) is 0. The molecule has 0 N–H and O–H groups in total. The van der Waals surface area contributed by atoms with E-state index in [4.69, 9.17) is 9.47 Å². The van der Waals surface area contributed by atoms with Crippen LogP contribution in [0.25, 0.3) is 0 Å². The molecular weight excluding hydrogens is 480 g/mol. The minimum atomic E-state index is -0.332. The summed E-state index contributed by atoms with van der Waals surface area (Å²) in [5.74, 6) is 2.91. The van der Waals surface area contributed by atoms with Crippen molar-refractivity contribution in [3.05, 3.63) is 72.3 Å². The molecule has 0 aliphatic heterocycles. The van der Waals surface area contributed by atoms with Crippen LogP contribution in [0.3, 0.4) is 0 Å². The number of allylic oxidation sites excluding steroid dienone is 1. The van der Waals surface area contributed by atoms with Gasteiger partial charge in [-0.3, -0.25) is 0 Å². The van der Waals surface area contributed by atoms with E-state index in [0.717, 1.165) is 36.8 Å². The van der Waals surface area contributed by atoms with Crippen molar-refractivity contribution < 1.29 is 14.3 Å². The Hall–Kier alpha value is -2.55. The molecule has 0 bridgehead atoms. The van der Waals surface area contributed by atoms with Gasteiger partial charge in [0.1, 0.15) is 11.5 Å². The maximum Gasteiger partial charge on any atom is 0.343 e. The molecule has 214 valence electrons. The molecule has 0 atom stereocenters. The smallest absolute Gasteiger partial charge is 0.343 e. The first-order valence-corrected chi connectivity index (χ1v) is 15.8. The van der Waals surface area contributed by atoms with Gasteiger partial charge in [0, 0.05) is 0 Å². The van der Waals surface area contributed by atoms with Crippen LogP contribution in [0.4, 0.5) is 0 Å². The van der Waals surface area contributed by atoms with Gasteiger partial charge in [-0.2, -0.15) is 0 Å². The lowest BCUT2D eigenvalue weighted by atomic mass is 9.78. The predicted octanol–water partition coefficient (Wildman–Crippen LogP) is 10.5. The van der Waals surface area contributed by atoms with Gasteiger partial charge in [0.05, 0.1) is 12.2 Å². The predicted molar refractivity (Wildman–Crippen MR) is 164 cm³/mol. The van der Waals surface area contributed by atoms with E-state index in [1.165, 1.54) is 95.5 Å². The number of benzene rings is 2. The molecule has 0 saturated heterocycles. The number of unbranched alkanes of at least 4 members (excludes halogenated alkanes) is 8. The summed E-state index contributed by atoms with van der Waals surface area (Å²) >= 11 is 0. The summed E-state index contributed by atoms with van der Waals surface area (Å²) in [4.78, 5) is 12.6. The van der Waals surface area contributed by atoms with Gasteiger partial charge in [0.15, 0.2) is 0 Å². The lowest BCUT2D eigenvalue weighted by molar-refractivity contribution is 0.0734. The number of rotatable bonds is 19. The Morgan fingerprint density at radius 2 is 1.38 bits per heavy atom. The highest BCUT2D eigenvalue weighted by Gasteiger charge is 2.20. The van der Waals surface area contributed by atoms with Gasteiger partial charge < -0.3 is 9.47 Å². The fourth-order valence-electron chi connectivity index (χ4n) is 5.73. The number of carbonyl (C=O) groups excluding carboxylic acids is 1. The Bertz CT molecular complexity index is 923. The Morgan fingerprint density at radius 1 is 0.769 bits per heavy atom. The van der Waals surface area contributed by atoms with Crippen molar-refractivity contribution in [2.24, 2.45) is 11.8 Å². The van der Waals surface area contributed by atoms with Crippen LogP contribution < -0.4 is 9.47 Å². The van der Waals surface area contributed by atoms with E-state index in [2.05, 4.69) is 25.6 Å². The second-order valence-corrected chi connectivity index (χ2v) is 11.5. The van der Waals surface area contributed by atoms with Crippen LogP contribution in [0.15, 0.2) is 61.2 Å². The van der Waals surface area contributed by atoms with Crippen LogP contribution in [-0.2, 0) is 6.42 Å². The third-order valence-corrected chi connectivity index (χ3v) is 8.32. The van der Waals surface area contributed by atoms with Gasteiger partial charge in [-0.05, 0) is 85.9 Å². The molecule has 0 heterocycles. The molecular formula is C36H52O3. The molecule has 1 saturated carbocycles. The summed E-state index contributed by atoms with van der Waals surface area (Å²) in [5, 5.41) is 0. The second kappa shape index (κ2) is 18.7. The first-order chi connectivity index (χ1) is 19.2. The molecule has 0 radical (unpaired) electrons. The zero-order chi connectivity index (χ0) is 27.5. The number of aryl methyl sites for hydroxylation is 1. The largest absolute Gasteiger partial charge is 0.494 e. The average Bonchev–Trinajstić information content (AvgIpc) is 2.97. The fourth-order valence-corrected chi connectivity index (χ4v) is 5.73. The highest BCUT2D eigenvalue weighted by Crippen LogP contribution is 2.34. The average molecular weight is 533 g/mol. The molecule has 39 heavy (non-hydrogen) atoms.